The Hall–Kier alpha value is -7.48. The van der Waals surface area contributed by atoms with Crippen molar-refractivity contribution in [1.82, 2.24) is 0 Å². The average molecular weight is 806 g/mol. The highest BCUT2D eigenvalue weighted by molar-refractivity contribution is 6.13. The summed E-state index contributed by atoms with van der Waals surface area (Å²) in [6.07, 6.45) is 0. The van der Waals surface area contributed by atoms with Crippen molar-refractivity contribution in [1.29, 1.82) is 0 Å². The van der Waals surface area contributed by atoms with Gasteiger partial charge in [0.2, 0.25) is 0 Å². The smallest absolute Gasteiger partial charge is 0.0540 e. The summed E-state index contributed by atoms with van der Waals surface area (Å²) in [7, 11) is 0. The summed E-state index contributed by atoms with van der Waals surface area (Å²) >= 11 is 0. The molecule has 0 atom stereocenters. The number of hydrogen-bond acceptors (Lipinski definition) is 1. The van der Waals surface area contributed by atoms with Crippen molar-refractivity contribution in [2.75, 3.05) is 4.90 Å². The van der Waals surface area contributed by atoms with Gasteiger partial charge in [-0.2, -0.15) is 0 Å². The maximum Gasteiger partial charge on any atom is 0.0540 e. The van der Waals surface area contributed by atoms with Gasteiger partial charge in [0.25, 0.3) is 0 Å². The van der Waals surface area contributed by atoms with Crippen LogP contribution in [0.15, 0.2) is 212 Å². The minimum Gasteiger partial charge on any atom is -0.310 e. The molecule has 0 aromatic heterocycles. The van der Waals surface area contributed by atoms with Crippen molar-refractivity contribution in [3.8, 4) is 55.6 Å². The molecule has 0 saturated carbocycles. The third-order valence-electron chi connectivity index (χ3n) is 14.2. The maximum absolute atomic E-state index is 2.47. The molecule has 0 radical (unpaired) electrons. The van der Waals surface area contributed by atoms with Crippen LogP contribution in [0.5, 0.6) is 0 Å². The summed E-state index contributed by atoms with van der Waals surface area (Å²) in [6, 6.07) is 79.1. The molecule has 1 nitrogen and oxygen atoms in total. The molecule has 0 amide bonds. The fourth-order valence-electron chi connectivity index (χ4n) is 11.2. The SMILES string of the molecule is CC1(C)c2ccccc2-c2ccc(-c3ccccc3N(c3ccc(-c4cc5ccccc5c5ccccc45)cc3)c3cccc(-c4cccc5c4C(C)(C)c4ccccc4-5)c3)cc21. The van der Waals surface area contributed by atoms with Crippen molar-refractivity contribution >= 4 is 38.6 Å². The van der Waals surface area contributed by atoms with E-state index < -0.39 is 0 Å². The topological polar surface area (TPSA) is 3.24 Å². The van der Waals surface area contributed by atoms with E-state index >= 15 is 0 Å². The Balaban J connectivity index is 1.03. The molecule has 300 valence electrons. The Labute approximate surface area is 370 Å². The second-order valence-corrected chi connectivity index (χ2v) is 18.5. The fourth-order valence-corrected chi connectivity index (χ4v) is 11.2. The number of fused-ring (bicyclic) bond motifs is 9. The number of hydrogen-bond donors (Lipinski definition) is 0. The summed E-state index contributed by atoms with van der Waals surface area (Å²) in [5.74, 6) is 0. The molecule has 1 heteroatoms. The van der Waals surface area contributed by atoms with E-state index in [-0.39, 0.29) is 10.8 Å². The molecule has 0 spiro atoms. The molecule has 0 heterocycles. The minimum absolute atomic E-state index is 0.100. The van der Waals surface area contributed by atoms with Gasteiger partial charge in [-0.3, -0.25) is 0 Å². The Morgan fingerprint density at radius 3 is 1.65 bits per heavy atom. The number of benzene rings is 10. The predicted octanol–water partition coefficient (Wildman–Crippen LogP) is 17.1. The molecule has 63 heavy (non-hydrogen) atoms. The predicted molar refractivity (Wildman–Crippen MR) is 268 cm³/mol. The van der Waals surface area contributed by atoms with E-state index in [4.69, 9.17) is 0 Å². The minimum atomic E-state index is -0.130. The zero-order valence-corrected chi connectivity index (χ0v) is 36.2. The van der Waals surface area contributed by atoms with Gasteiger partial charge < -0.3 is 4.90 Å². The van der Waals surface area contributed by atoms with Crippen LogP contribution in [0.25, 0.3) is 77.2 Å². The lowest BCUT2D eigenvalue weighted by molar-refractivity contribution is 0.660. The lowest BCUT2D eigenvalue weighted by Crippen LogP contribution is -2.16. The largest absolute Gasteiger partial charge is 0.310 e. The molecule has 0 saturated heterocycles. The Morgan fingerprint density at radius 2 is 0.857 bits per heavy atom. The standard InChI is InChI=1S/C62H47N/c1-61(2)56-28-12-9-24-51(56)53-36-33-43(39-58(53)61)47-21-11-14-30-59(47)63(44-34-31-40(32-35-44)55-38-42-17-5-6-20-46(42)49-22-7-8-23-50(49)55)45-19-15-18-41(37-45)48-26-16-27-54-52-25-10-13-29-57(52)62(3,4)60(48)54/h5-39H,1-4H3. The summed E-state index contributed by atoms with van der Waals surface area (Å²) in [4.78, 5) is 2.47. The van der Waals surface area contributed by atoms with Crippen molar-refractivity contribution < 1.29 is 0 Å². The number of rotatable bonds is 6. The van der Waals surface area contributed by atoms with E-state index in [1.807, 2.05) is 0 Å². The van der Waals surface area contributed by atoms with E-state index in [2.05, 4.69) is 245 Å². The monoisotopic (exact) mass is 805 g/mol. The maximum atomic E-state index is 2.47. The van der Waals surface area contributed by atoms with Gasteiger partial charge in [-0.25, -0.2) is 0 Å². The van der Waals surface area contributed by atoms with Gasteiger partial charge in [0.15, 0.2) is 0 Å². The van der Waals surface area contributed by atoms with E-state index in [1.165, 1.54) is 99.4 Å². The third kappa shape index (κ3) is 5.69. The zero-order valence-electron chi connectivity index (χ0n) is 36.2. The van der Waals surface area contributed by atoms with Crippen LogP contribution in [0.3, 0.4) is 0 Å². The molecule has 0 fully saturated rings. The van der Waals surface area contributed by atoms with Crippen LogP contribution in [-0.2, 0) is 10.8 Å². The van der Waals surface area contributed by atoms with Crippen LogP contribution in [0.1, 0.15) is 49.9 Å². The second kappa shape index (κ2) is 14.0. The molecule has 0 unspecified atom stereocenters. The molecule has 0 bridgehead atoms. The van der Waals surface area contributed by atoms with Crippen LogP contribution >= 0.6 is 0 Å². The molecule has 0 aliphatic heterocycles. The molecule has 0 N–H and O–H groups in total. The molecule has 10 aromatic carbocycles. The highest BCUT2D eigenvalue weighted by Gasteiger charge is 2.38. The van der Waals surface area contributed by atoms with Gasteiger partial charge >= 0.3 is 0 Å². The number of anilines is 3. The first kappa shape index (κ1) is 37.3. The highest BCUT2D eigenvalue weighted by Crippen LogP contribution is 2.54. The van der Waals surface area contributed by atoms with E-state index in [9.17, 15) is 0 Å². The Bertz CT molecular complexity index is 3460. The van der Waals surface area contributed by atoms with Crippen LogP contribution in [0.4, 0.5) is 17.1 Å². The number of nitrogens with zero attached hydrogens (tertiary/aromatic N) is 1. The highest BCUT2D eigenvalue weighted by atomic mass is 15.1. The van der Waals surface area contributed by atoms with Crippen molar-refractivity contribution in [2.24, 2.45) is 0 Å². The quantitative estimate of drug-likeness (QED) is 0.151. The third-order valence-corrected chi connectivity index (χ3v) is 14.2. The average Bonchev–Trinajstić information content (AvgIpc) is 3.71. The van der Waals surface area contributed by atoms with Crippen molar-refractivity contribution in [2.45, 2.75) is 38.5 Å². The lowest BCUT2D eigenvalue weighted by atomic mass is 9.79. The van der Waals surface area contributed by atoms with Gasteiger partial charge in [0.05, 0.1) is 5.69 Å². The molecular formula is C62H47N. The number of para-hydroxylation sites is 1. The van der Waals surface area contributed by atoms with Crippen LogP contribution in [0.2, 0.25) is 0 Å². The molecule has 10 aromatic rings. The van der Waals surface area contributed by atoms with E-state index in [1.54, 1.807) is 0 Å². The van der Waals surface area contributed by atoms with Gasteiger partial charge in [-0.1, -0.05) is 198 Å². The summed E-state index contributed by atoms with van der Waals surface area (Å²) in [6.45, 7) is 9.49. The Kier molecular flexibility index (Phi) is 8.30. The van der Waals surface area contributed by atoms with Crippen molar-refractivity contribution in [3.63, 3.8) is 0 Å². The first-order valence-electron chi connectivity index (χ1n) is 22.3. The van der Waals surface area contributed by atoms with Crippen LogP contribution < -0.4 is 4.90 Å². The van der Waals surface area contributed by atoms with Crippen LogP contribution in [-0.4, -0.2) is 0 Å². The molecule has 2 aliphatic carbocycles. The summed E-state index contributed by atoms with van der Waals surface area (Å²) < 4.78 is 0. The van der Waals surface area contributed by atoms with Gasteiger partial charge in [0.1, 0.15) is 0 Å². The fraction of sp³-hybridized carbons (Fsp3) is 0.0968. The zero-order chi connectivity index (χ0) is 42.5. The van der Waals surface area contributed by atoms with E-state index in [0.717, 1.165) is 17.1 Å². The van der Waals surface area contributed by atoms with Gasteiger partial charge in [0, 0.05) is 27.8 Å². The Morgan fingerprint density at radius 1 is 0.302 bits per heavy atom. The first-order valence-corrected chi connectivity index (χ1v) is 22.3. The lowest BCUT2D eigenvalue weighted by Gasteiger charge is -2.29. The molecule has 2 aliphatic rings. The second-order valence-electron chi connectivity index (χ2n) is 18.5. The van der Waals surface area contributed by atoms with Gasteiger partial charge in [-0.05, 0) is 136 Å². The van der Waals surface area contributed by atoms with Crippen LogP contribution in [0, 0.1) is 0 Å². The normalized spacial score (nSPS) is 14.0. The molecule has 12 rings (SSSR count). The van der Waals surface area contributed by atoms with Crippen molar-refractivity contribution in [3.05, 3.63) is 235 Å². The molecular weight excluding hydrogens is 759 g/mol. The summed E-state index contributed by atoms with van der Waals surface area (Å²) in [5.41, 5.74) is 21.4. The van der Waals surface area contributed by atoms with E-state index in [0.29, 0.717) is 0 Å². The first-order chi connectivity index (χ1) is 30.8. The summed E-state index contributed by atoms with van der Waals surface area (Å²) in [5, 5.41) is 5.08. The van der Waals surface area contributed by atoms with Gasteiger partial charge in [-0.15, -0.1) is 0 Å².